The molecule has 260 valence electrons. The van der Waals surface area contributed by atoms with E-state index in [1.165, 1.54) is 5.57 Å². The normalized spacial score (nSPS) is 27.6. The van der Waals surface area contributed by atoms with Gasteiger partial charge in [-0.05, 0) is 38.7 Å². The molecule has 0 bridgehead atoms. The lowest BCUT2D eigenvalue weighted by Gasteiger charge is -2.39. The molecule has 13 atom stereocenters. The van der Waals surface area contributed by atoms with E-state index in [0.717, 1.165) is 12.0 Å². The summed E-state index contributed by atoms with van der Waals surface area (Å²) >= 11 is 0. The zero-order valence-corrected chi connectivity index (χ0v) is 30.9. The molecule has 0 N–H and O–H groups in total. The first-order valence-corrected chi connectivity index (χ1v) is 16.7. The standard InChI is InChI=1S/C38H66O7/c1-16-17-18-24(3)35(42-13)30(9)36(43-14)27(6)20-23(2)19-26(5)34(41-12)28(7)21-25(4)32(40-11)22-33-29(8)37(44-15)31(10)38(39)45-33/h16-19,21,24,26-37H,1,20,22H2,2-15H3/b18-17-,23-19-,25-21-/t24-,26-,27-,28-,29-,30+,31+,32?,33?,34?,35?,36?,37?/m0/s1. The van der Waals surface area contributed by atoms with Gasteiger partial charge in [0.1, 0.15) is 6.10 Å². The molecule has 1 saturated heterocycles. The predicted octanol–water partition coefficient (Wildman–Crippen LogP) is 7.85. The minimum absolute atomic E-state index is 0.0135. The van der Waals surface area contributed by atoms with Crippen LogP contribution >= 0.6 is 0 Å². The first-order chi connectivity index (χ1) is 21.2. The Bertz CT molecular complexity index is 971. The van der Waals surface area contributed by atoms with E-state index < -0.39 is 0 Å². The fraction of sp³-hybridized carbons (Fsp3) is 0.763. The third kappa shape index (κ3) is 11.8. The SMILES string of the molecule is C=C/C=C\[C@H](C)C(OC)[C@@H](C)C(OC)[C@@H](C)C/C(C)=C\[C@H](C)C(OC)[C@@H](C)/C=C(/C)C(CC1OC(=O)[C@H](C)C(OC)[C@H]1C)OC. The summed E-state index contributed by atoms with van der Waals surface area (Å²) in [5, 5.41) is 0. The monoisotopic (exact) mass is 634 g/mol. The van der Waals surface area contributed by atoms with Crippen LogP contribution in [0.5, 0.6) is 0 Å². The summed E-state index contributed by atoms with van der Waals surface area (Å²) in [6.07, 6.45) is 11.5. The van der Waals surface area contributed by atoms with Gasteiger partial charge in [-0.25, -0.2) is 0 Å². The largest absolute Gasteiger partial charge is 0.462 e. The Morgan fingerprint density at radius 2 is 1.42 bits per heavy atom. The first kappa shape index (κ1) is 41.3. The second-order valence-electron chi connectivity index (χ2n) is 13.5. The Labute approximate surface area is 275 Å². The Hall–Kier alpha value is -1.77. The van der Waals surface area contributed by atoms with Gasteiger partial charge in [0.15, 0.2) is 0 Å². The molecule has 1 fully saturated rings. The molecule has 0 aromatic carbocycles. The Morgan fingerprint density at radius 3 is 1.93 bits per heavy atom. The molecule has 0 saturated carbocycles. The number of methoxy groups -OCH3 is 5. The van der Waals surface area contributed by atoms with Crippen LogP contribution in [0.1, 0.15) is 75.2 Å². The summed E-state index contributed by atoms with van der Waals surface area (Å²) in [5.41, 5.74) is 2.42. The molecule has 1 heterocycles. The zero-order valence-electron chi connectivity index (χ0n) is 30.9. The van der Waals surface area contributed by atoms with Crippen molar-refractivity contribution in [3.05, 3.63) is 48.1 Å². The number of cyclic esters (lactones) is 1. The van der Waals surface area contributed by atoms with E-state index in [4.69, 9.17) is 28.4 Å². The number of carbonyl (C=O) groups is 1. The number of hydrogen-bond acceptors (Lipinski definition) is 7. The van der Waals surface area contributed by atoms with Crippen LogP contribution in [0.15, 0.2) is 48.1 Å². The van der Waals surface area contributed by atoms with Gasteiger partial charge in [0, 0.05) is 71.6 Å². The van der Waals surface area contributed by atoms with Gasteiger partial charge in [0.2, 0.25) is 0 Å². The van der Waals surface area contributed by atoms with Crippen molar-refractivity contribution in [3.8, 4) is 0 Å². The Balaban J connectivity index is 2.99. The van der Waals surface area contributed by atoms with Crippen LogP contribution in [0.2, 0.25) is 0 Å². The highest BCUT2D eigenvalue weighted by molar-refractivity contribution is 5.73. The lowest BCUT2D eigenvalue weighted by atomic mass is 9.81. The fourth-order valence-corrected chi connectivity index (χ4v) is 7.71. The van der Waals surface area contributed by atoms with Crippen LogP contribution in [0.25, 0.3) is 0 Å². The maximum Gasteiger partial charge on any atom is 0.311 e. The van der Waals surface area contributed by atoms with E-state index in [-0.39, 0.29) is 78.1 Å². The molecule has 7 nitrogen and oxygen atoms in total. The van der Waals surface area contributed by atoms with Crippen LogP contribution in [-0.2, 0) is 33.2 Å². The minimum atomic E-state index is -0.276. The fourth-order valence-electron chi connectivity index (χ4n) is 7.71. The van der Waals surface area contributed by atoms with E-state index in [0.29, 0.717) is 12.3 Å². The summed E-state index contributed by atoms with van der Waals surface area (Å²) in [7, 11) is 8.74. The molecule has 0 aliphatic carbocycles. The molecule has 1 aliphatic heterocycles. The highest BCUT2D eigenvalue weighted by Crippen LogP contribution is 2.33. The number of esters is 1. The lowest BCUT2D eigenvalue weighted by molar-refractivity contribution is -0.182. The molecule has 7 heteroatoms. The van der Waals surface area contributed by atoms with Crippen molar-refractivity contribution in [3.63, 3.8) is 0 Å². The van der Waals surface area contributed by atoms with Crippen molar-refractivity contribution in [2.75, 3.05) is 35.5 Å². The summed E-state index contributed by atoms with van der Waals surface area (Å²) in [6.45, 7) is 23.1. The van der Waals surface area contributed by atoms with E-state index in [1.807, 2.05) is 13.0 Å². The number of rotatable bonds is 20. The molecular weight excluding hydrogens is 568 g/mol. The van der Waals surface area contributed by atoms with E-state index in [9.17, 15) is 4.79 Å². The third-order valence-corrected chi connectivity index (χ3v) is 9.98. The van der Waals surface area contributed by atoms with Crippen molar-refractivity contribution in [1.29, 1.82) is 0 Å². The highest BCUT2D eigenvalue weighted by Gasteiger charge is 2.42. The molecular formula is C38H66O7. The number of allylic oxidation sites excluding steroid dienone is 3. The predicted molar refractivity (Wildman–Crippen MR) is 184 cm³/mol. The van der Waals surface area contributed by atoms with Crippen LogP contribution in [0.4, 0.5) is 0 Å². The molecule has 0 amide bonds. The topological polar surface area (TPSA) is 72.5 Å². The minimum Gasteiger partial charge on any atom is -0.462 e. The van der Waals surface area contributed by atoms with Gasteiger partial charge >= 0.3 is 5.97 Å². The van der Waals surface area contributed by atoms with Crippen molar-refractivity contribution in [1.82, 2.24) is 0 Å². The van der Waals surface area contributed by atoms with Crippen molar-refractivity contribution < 1.29 is 33.2 Å². The van der Waals surface area contributed by atoms with Crippen LogP contribution in [0, 0.1) is 41.4 Å². The number of carbonyl (C=O) groups excluding carboxylic acids is 1. The van der Waals surface area contributed by atoms with Gasteiger partial charge in [-0.2, -0.15) is 0 Å². The maximum absolute atomic E-state index is 12.5. The summed E-state index contributed by atoms with van der Waals surface area (Å²) < 4.78 is 35.4. The first-order valence-electron chi connectivity index (χ1n) is 16.7. The second-order valence-corrected chi connectivity index (χ2v) is 13.5. The molecule has 0 aromatic rings. The van der Waals surface area contributed by atoms with Gasteiger partial charge in [0.05, 0.1) is 36.4 Å². The van der Waals surface area contributed by atoms with Crippen LogP contribution in [0.3, 0.4) is 0 Å². The summed E-state index contributed by atoms with van der Waals surface area (Å²) in [4.78, 5) is 12.5. The molecule has 0 aromatic heterocycles. The maximum atomic E-state index is 12.5. The van der Waals surface area contributed by atoms with Crippen molar-refractivity contribution in [2.45, 2.75) is 112 Å². The van der Waals surface area contributed by atoms with Crippen molar-refractivity contribution in [2.24, 2.45) is 41.4 Å². The van der Waals surface area contributed by atoms with Gasteiger partial charge in [-0.3, -0.25) is 4.79 Å². The zero-order chi connectivity index (χ0) is 34.4. The molecule has 1 rings (SSSR count). The van der Waals surface area contributed by atoms with Crippen LogP contribution in [-0.4, -0.2) is 78.1 Å². The second kappa shape index (κ2) is 20.5. The average molecular weight is 635 g/mol. The van der Waals surface area contributed by atoms with E-state index >= 15 is 0 Å². The summed E-state index contributed by atoms with van der Waals surface area (Å²) in [5.74, 6) is 0.688. The Kier molecular flexibility index (Phi) is 18.8. The molecule has 1 aliphatic rings. The average Bonchev–Trinajstić information content (AvgIpc) is 2.98. The third-order valence-electron chi connectivity index (χ3n) is 9.98. The number of ether oxygens (including phenoxy) is 6. The molecule has 0 radical (unpaired) electrons. The van der Waals surface area contributed by atoms with Gasteiger partial charge in [-0.15, -0.1) is 0 Å². The van der Waals surface area contributed by atoms with Crippen LogP contribution < -0.4 is 0 Å². The quantitative estimate of drug-likeness (QED) is 0.0767. The van der Waals surface area contributed by atoms with E-state index in [1.54, 1.807) is 41.6 Å². The summed E-state index contributed by atoms with van der Waals surface area (Å²) in [6, 6.07) is 0. The molecule has 45 heavy (non-hydrogen) atoms. The van der Waals surface area contributed by atoms with E-state index in [2.05, 4.69) is 80.2 Å². The van der Waals surface area contributed by atoms with Gasteiger partial charge < -0.3 is 28.4 Å². The molecule has 6 unspecified atom stereocenters. The Morgan fingerprint density at radius 1 is 0.844 bits per heavy atom. The highest BCUT2D eigenvalue weighted by atomic mass is 16.6. The lowest BCUT2D eigenvalue weighted by Crippen LogP contribution is -2.48. The van der Waals surface area contributed by atoms with Gasteiger partial charge in [0.25, 0.3) is 0 Å². The van der Waals surface area contributed by atoms with Crippen molar-refractivity contribution >= 4 is 5.97 Å². The molecule has 0 spiro atoms. The van der Waals surface area contributed by atoms with Gasteiger partial charge in [-0.1, -0.05) is 84.1 Å². The smallest absolute Gasteiger partial charge is 0.311 e. The number of hydrogen-bond donors (Lipinski definition) is 0.